The second-order valence-corrected chi connectivity index (χ2v) is 4.92. The molecule has 80 valence electrons. The van der Waals surface area contributed by atoms with Crippen LogP contribution in [0.2, 0.25) is 5.02 Å². The highest BCUT2D eigenvalue weighted by molar-refractivity contribution is 6.30. The van der Waals surface area contributed by atoms with E-state index in [4.69, 9.17) is 16.3 Å². The predicted molar refractivity (Wildman–Crippen MR) is 61.8 cm³/mol. The largest absolute Gasteiger partial charge is 0.483 e. The van der Waals surface area contributed by atoms with Crippen LogP contribution in [0, 0.1) is 0 Å². The Bertz CT molecular complexity index is 385. The van der Waals surface area contributed by atoms with Crippen molar-refractivity contribution in [3.63, 3.8) is 0 Å². The van der Waals surface area contributed by atoms with Crippen molar-refractivity contribution in [2.24, 2.45) is 0 Å². The average Bonchev–Trinajstić information content (AvgIpc) is 2.67. The summed E-state index contributed by atoms with van der Waals surface area (Å²) >= 11 is 5.93. The summed E-state index contributed by atoms with van der Waals surface area (Å²) in [6.07, 6.45) is 4.90. The summed E-state index contributed by atoms with van der Waals surface area (Å²) in [4.78, 5) is 0. The molecule has 0 bridgehead atoms. The van der Waals surface area contributed by atoms with Crippen molar-refractivity contribution < 1.29 is 4.74 Å². The van der Waals surface area contributed by atoms with Gasteiger partial charge in [0, 0.05) is 5.02 Å². The van der Waals surface area contributed by atoms with Gasteiger partial charge in [0.05, 0.1) is 12.2 Å². The van der Waals surface area contributed by atoms with Crippen LogP contribution < -0.4 is 10.1 Å². The van der Waals surface area contributed by atoms with Gasteiger partial charge in [-0.3, -0.25) is 0 Å². The van der Waals surface area contributed by atoms with Crippen molar-refractivity contribution in [3.05, 3.63) is 23.2 Å². The highest BCUT2D eigenvalue weighted by Gasteiger charge is 2.38. The van der Waals surface area contributed by atoms with E-state index in [1.54, 1.807) is 0 Å². The predicted octanol–water partition coefficient (Wildman–Crippen LogP) is 3.46. The Morgan fingerprint density at radius 2 is 2.07 bits per heavy atom. The lowest BCUT2D eigenvalue weighted by molar-refractivity contribution is 0.0830. The Hall–Kier alpha value is -0.890. The molecule has 2 nitrogen and oxygen atoms in total. The van der Waals surface area contributed by atoms with Gasteiger partial charge in [-0.15, -0.1) is 0 Å². The normalized spacial score (nSPS) is 21.9. The molecular formula is C12H14ClNO. The third-order valence-electron chi connectivity index (χ3n) is 3.38. The number of rotatable bonds is 0. The molecule has 0 amide bonds. The fraction of sp³-hybridized carbons (Fsp3) is 0.500. The third kappa shape index (κ3) is 1.57. The monoisotopic (exact) mass is 223 g/mol. The van der Waals surface area contributed by atoms with E-state index in [0.29, 0.717) is 0 Å². The molecule has 2 aliphatic rings. The minimum absolute atomic E-state index is 0.0564. The highest BCUT2D eigenvalue weighted by Crippen LogP contribution is 2.41. The summed E-state index contributed by atoms with van der Waals surface area (Å²) in [6.45, 7) is 0.917. The van der Waals surface area contributed by atoms with Crippen LogP contribution in [-0.4, -0.2) is 12.1 Å². The Balaban J connectivity index is 1.93. The lowest BCUT2D eigenvalue weighted by Crippen LogP contribution is -2.43. The van der Waals surface area contributed by atoms with E-state index >= 15 is 0 Å². The topological polar surface area (TPSA) is 21.3 Å². The lowest BCUT2D eigenvalue weighted by atomic mass is 10.00. The first-order chi connectivity index (χ1) is 7.27. The number of hydrogen-bond acceptors (Lipinski definition) is 2. The van der Waals surface area contributed by atoms with Crippen LogP contribution in [0.5, 0.6) is 5.75 Å². The Morgan fingerprint density at radius 1 is 1.27 bits per heavy atom. The molecule has 1 aromatic rings. The zero-order valence-electron chi connectivity index (χ0n) is 8.55. The van der Waals surface area contributed by atoms with Gasteiger partial charge < -0.3 is 10.1 Å². The number of fused-ring (bicyclic) bond motifs is 1. The Morgan fingerprint density at radius 3 is 2.87 bits per heavy atom. The van der Waals surface area contributed by atoms with Gasteiger partial charge in [0.1, 0.15) is 11.4 Å². The van der Waals surface area contributed by atoms with Gasteiger partial charge in [0.25, 0.3) is 0 Å². The minimum Gasteiger partial charge on any atom is -0.483 e. The summed E-state index contributed by atoms with van der Waals surface area (Å²) < 4.78 is 6.11. The molecule has 1 heterocycles. The standard InChI is InChI=1S/C12H14ClNO/c13-9-3-4-11-10(7-9)14-8-12(15-11)5-1-2-6-12/h3-4,7,14H,1-2,5-6,8H2. The summed E-state index contributed by atoms with van der Waals surface area (Å²) in [5.41, 5.74) is 1.08. The maximum atomic E-state index is 6.11. The van der Waals surface area contributed by atoms with Crippen LogP contribution in [0.1, 0.15) is 25.7 Å². The minimum atomic E-state index is 0.0564. The van der Waals surface area contributed by atoms with Crippen molar-refractivity contribution in [2.75, 3.05) is 11.9 Å². The number of benzene rings is 1. The molecule has 1 saturated carbocycles. The Kier molecular flexibility index (Phi) is 2.06. The summed E-state index contributed by atoms with van der Waals surface area (Å²) in [5, 5.41) is 4.18. The zero-order chi connectivity index (χ0) is 10.3. The maximum Gasteiger partial charge on any atom is 0.143 e. The fourth-order valence-corrected chi connectivity index (χ4v) is 2.73. The van der Waals surface area contributed by atoms with Gasteiger partial charge in [0.2, 0.25) is 0 Å². The number of anilines is 1. The summed E-state index contributed by atoms with van der Waals surface area (Å²) in [7, 11) is 0. The van der Waals surface area contributed by atoms with E-state index in [1.165, 1.54) is 25.7 Å². The SMILES string of the molecule is Clc1ccc2c(c1)NCC1(CCCC1)O2. The maximum absolute atomic E-state index is 6.11. The second kappa shape index (κ2) is 3.31. The van der Waals surface area contributed by atoms with Crippen LogP contribution in [-0.2, 0) is 0 Å². The lowest BCUT2D eigenvalue weighted by Gasteiger charge is -2.36. The molecule has 0 radical (unpaired) electrons. The molecule has 1 N–H and O–H groups in total. The number of nitrogens with one attached hydrogen (secondary N) is 1. The molecule has 0 atom stereocenters. The molecule has 1 fully saturated rings. The van der Waals surface area contributed by atoms with Crippen molar-refractivity contribution in [3.8, 4) is 5.75 Å². The van der Waals surface area contributed by atoms with E-state index in [9.17, 15) is 0 Å². The second-order valence-electron chi connectivity index (χ2n) is 4.49. The van der Waals surface area contributed by atoms with Crippen molar-refractivity contribution in [2.45, 2.75) is 31.3 Å². The zero-order valence-corrected chi connectivity index (χ0v) is 9.31. The molecule has 1 aliphatic heterocycles. The molecule has 15 heavy (non-hydrogen) atoms. The van der Waals surface area contributed by atoms with Gasteiger partial charge in [0.15, 0.2) is 0 Å². The first-order valence-corrected chi connectivity index (χ1v) is 5.88. The third-order valence-corrected chi connectivity index (χ3v) is 3.62. The molecule has 1 aromatic carbocycles. The van der Waals surface area contributed by atoms with Crippen LogP contribution in [0.4, 0.5) is 5.69 Å². The molecule has 3 heteroatoms. The number of hydrogen-bond donors (Lipinski definition) is 1. The fourth-order valence-electron chi connectivity index (χ4n) is 2.55. The quantitative estimate of drug-likeness (QED) is 0.728. The molecule has 1 spiro atoms. The van der Waals surface area contributed by atoms with E-state index in [-0.39, 0.29) is 5.60 Å². The van der Waals surface area contributed by atoms with E-state index in [1.807, 2.05) is 18.2 Å². The molecule has 3 rings (SSSR count). The van der Waals surface area contributed by atoms with Crippen LogP contribution in [0.15, 0.2) is 18.2 Å². The summed E-state index contributed by atoms with van der Waals surface area (Å²) in [6, 6.07) is 5.78. The van der Waals surface area contributed by atoms with Gasteiger partial charge in [-0.2, -0.15) is 0 Å². The van der Waals surface area contributed by atoms with Crippen molar-refractivity contribution >= 4 is 17.3 Å². The Labute approximate surface area is 94.6 Å². The molecular weight excluding hydrogens is 210 g/mol. The van der Waals surface area contributed by atoms with Crippen LogP contribution >= 0.6 is 11.6 Å². The first kappa shape index (κ1) is 9.34. The van der Waals surface area contributed by atoms with E-state index < -0.39 is 0 Å². The van der Waals surface area contributed by atoms with Crippen LogP contribution in [0.3, 0.4) is 0 Å². The smallest absolute Gasteiger partial charge is 0.143 e. The number of ether oxygens (including phenoxy) is 1. The van der Waals surface area contributed by atoms with Gasteiger partial charge in [-0.05, 0) is 43.9 Å². The molecule has 1 aliphatic carbocycles. The molecule has 0 saturated heterocycles. The molecule has 0 unspecified atom stereocenters. The van der Waals surface area contributed by atoms with Gasteiger partial charge in [-0.25, -0.2) is 0 Å². The average molecular weight is 224 g/mol. The highest BCUT2D eigenvalue weighted by atomic mass is 35.5. The van der Waals surface area contributed by atoms with Crippen LogP contribution in [0.25, 0.3) is 0 Å². The summed E-state index contributed by atoms with van der Waals surface area (Å²) in [5.74, 6) is 0.951. The van der Waals surface area contributed by atoms with Gasteiger partial charge in [-0.1, -0.05) is 11.6 Å². The van der Waals surface area contributed by atoms with Gasteiger partial charge >= 0.3 is 0 Å². The number of halogens is 1. The molecule has 0 aromatic heterocycles. The van der Waals surface area contributed by atoms with E-state index in [0.717, 1.165) is 23.0 Å². The van der Waals surface area contributed by atoms with Crippen molar-refractivity contribution in [1.29, 1.82) is 0 Å². The van der Waals surface area contributed by atoms with Crippen molar-refractivity contribution in [1.82, 2.24) is 0 Å². The van der Waals surface area contributed by atoms with E-state index in [2.05, 4.69) is 5.32 Å². The first-order valence-electron chi connectivity index (χ1n) is 5.50.